The maximum absolute atomic E-state index is 15.2. The molecule has 1 amide bonds. The standard InChI is InChI=1S/C29H23F4N5O5/c1-38-15-20(28(39)36-16-4-7-18(8-5-16)43-29(31,32)33)27(37-38)35-17-6-9-24(21(30)12-17)42-23-10-11-34-22-14-26(41-3)25(40-2)13-19(22)23/h4-15H,1-3H3,(H,35,37)(H,36,39). The highest BCUT2D eigenvalue weighted by Crippen LogP contribution is 2.38. The minimum Gasteiger partial charge on any atom is -0.493 e. The van der Waals surface area contributed by atoms with Crippen LogP contribution in [0.2, 0.25) is 0 Å². The molecule has 3 aromatic carbocycles. The quantitative estimate of drug-likeness (QED) is 0.179. The minimum atomic E-state index is -4.83. The van der Waals surface area contributed by atoms with E-state index in [0.717, 1.165) is 12.1 Å². The molecule has 0 atom stereocenters. The second-order valence-electron chi connectivity index (χ2n) is 9.00. The number of aromatic nitrogens is 3. The zero-order chi connectivity index (χ0) is 30.7. The van der Waals surface area contributed by atoms with Crippen molar-refractivity contribution in [2.45, 2.75) is 6.36 Å². The molecule has 2 aromatic heterocycles. The summed E-state index contributed by atoms with van der Waals surface area (Å²) in [5.41, 5.74) is 1.16. The van der Waals surface area contributed by atoms with Crippen LogP contribution in [0.4, 0.5) is 34.8 Å². The molecule has 2 N–H and O–H groups in total. The third-order valence-electron chi connectivity index (χ3n) is 6.04. The molecule has 0 radical (unpaired) electrons. The lowest BCUT2D eigenvalue weighted by atomic mass is 10.1. The average molecular weight is 598 g/mol. The van der Waals surface area contributed by atoms with Gasteiger partial charge < -0.3 is 29.6 Å². The molecule has 0 aliphatic carbocycles. The van der Waals surface area contributed by atoms with Gasteiger partial charge in [-0.2, -0.15) is 5.10 Å². The number of carbonyl (C=O) groups excluding carboxylic acids is 1. The molecular weight excluding hydrogens is 574 g/mol. The van der Waals surface area contributed by atoms with E-state index in [9.17, 15) is 18.0 Å². The van der Waals surface area contributed by atoms with Gasteiger partial charge in [0.2, 0.25) is 0 Å². The normalized spacial score (nSPS) is 11.2. The highest BCUT2D eigenvalue weighted by atomic mass is 19.4. The Bertz CT molecular complexity index is 1790. The first kappa shape index (κ1) is 29.0. The number of rotatable bonds is 9. The summed E-state index contributed by atoms with van der Waals surface area (Å²) in [6.45, 7) is 0. The van der Waals surface area contributed by atoms with Gasteiger partial charge in [-0.25, -0.2) is 4.39 Å². The molecule has 0 unspecified atom stereocenters. The molecule has 43 heavy (non-hydrogen) atoms. The van der Waals surface area contributed by atoms with Crippen molar-refractivity contribution in [1.82, 2.24) is 14.8 Å². The first-order valence-corrected chi connectivity index (χ1v) is 12.5. The van der Waals surface area contributed by atoms with E-state index in [4.69, 9.17) is 14.2 Å². The zero-order valence-corrected chi connectivity index (χ0v) is 22.8. The number of alkyl halides is 3. The molecule has 2 heterocycles. The molecule has 0 saturated heterocycles. The Morgan fingerprint density at radius 3 is 2.26 bits per heavy atom. The molecule has 0 fully saturated rings. The molecular formula is C29H23F4N5O5. The van der Waals surface area contributed by atoms with E-state index in [-0.39, 0.29) is 28.5 Å². The van der Waals surface area contributed by atoms with Crippen molar-refractivity contribution in [3.05, 3.63) is 84.4 Å². The number of amides is 1. The molecule has 0 aliphatic heterocycles. The summed E-state index contributed by atoms with van der Waals surface area (Å²) in [5, 5.41) is 10.3. The lowest BCUT2D eigenvalue weighted by molar-refractivity contribution is -0.274. The number of nitrogens with one attached hydrogen (secondary N) is 2. The minimum absolute atomic E-state index is 0.0650. The molecule has 5 aromatic rings. The second-order valence-corrected chi connectivity index (χ2v) is 9.00. The maximum atomic E-state index is 15.2. The monoisotopic (exact) mass is 597 g/mol. The summed E-state index contributed by atoms with van der Waals surface area (Å²) in [6, 6.07) is 13.8. The van der Waals surface area contributed by atoms with E-state index < -0.39 is 23.8 Å². The van der Waals surface area contributed by atoms with Crippen LogP contribution in [0.1, 0.15) is 10.4 Å². The van der Waals surface area contributed by atoms with Crippen LogP contribution in [0.15, 0.2) is 73.1 Å². The number of hydrogen-bond acceptors (Lipinski definition) is 8. The maximum Gasteiger partial charge on any atom is 0.573 e. The van der Waals surface area contributed by atoms with Crippen LogP contribution in [0.3, 0.4) is 0 Å². The van der Waals surface area contributed by atoms with Gasteiger partial charge in [-0.1, -0.05) is 0 Å². The summed E-state index contributed by atoms with van der Waals surface area (Å²) in [6.07, 6.45) is -1.87. The van der Waals surface area contributed by atoms with Crippen LogP contribution in [-0.2, 0) is 7.05 Å². The lowest BCUT2D eigenvalue weighted by Gasteiger charge is -2.13. The number of benzene rings is 3. The van der Waals surface area contributed by atoms with E-state index in [0.29, 0.717) is 28.2 Å². The number of halogens is 4. The summed E-state index contributed by atoms with van der Waals surface area (Å²) < 4.78 is 74.1. The Morgan fingerprint density at radius 1 is 0.884 bits per heavy atom. The van der Waals surface area contributed by atoms with E-state index in [1.807, 2.05) is 0 Å². The molecule has 0 spiro atoms. The van der Waals surface area contributed by atoms with Crippen molar-refractivity contribution in [3.8, 4) is 28.7 Å². The van der Waals surface area contributed by atoms with Gasteiger partial charge >= 0.3 is 6.36 Å². The van der Waals surface area contributed by atoms with Gasteiger partial charge in [0.25, 0.3) is 5.91 Å². The molecule has 14 heteroatoms. The third kappa shape index (κ3) is 6.69. The van der Waals surface area contributed by atoms with Crippen molar-refractivity contribution in [1.29, 1.82) is 0 Å². The van der Waals surface area contributed by atoms with E-state index in [2.05, 4.69) is 25.5 Å². The predicted molar refractivity (Wildman–Crippen MR) is 149 cm³/mol. The van der Waals surface area contributed by atoms with Gasteiger partial charge in [0.1, 0.15) is 17.1 Å². The fourth-order valence-corrected chi connectivity index (χ4v) is 4.14. The number of methoxy groups -OCH3 is 2. The number of anilines is 3. The Labute approximate surface area is 241 Å². The van der Waals surface area contributed by atoms with Crippen LogP contribution in [0, 0.1) is 5.82 Å². The SMILES string of the molecule is COc1cc2nccc(Oc3ccc(Nc4nn(C)cc4C(=O)Nc4ccc(OC(F)(F)F)cc4)cc3F)c2cc1OC. The van der Waals surface area contributed by atoms with Gasteiger partial charge in [-0.05, 0) is 48.5 Å². The number of carbonyl (C=O) groups is 1. The van der Waals surface area contributed by atoms with Crippen LogP contribution in [0.25, 0.3) is 10.9 Å². The Kier molecular flexibility index (Phi) is 7.92. The molecule has 0 bridgehead atoms. The van der Waals surface area contributed by atoms with Gasteiger partial charge in [0, 0.05) is 48.3 Å². The van der Waals surface area contributed by atoms with E-state index in [1.54, 1.807) is 31.3 Å². The Morgan fingerprint density at radius 2 is 1.58 bits per heavy atom. The molecule has 0 aliphatic rings. The number of nitrogens with zero attached hydrogens (tertiary/aromatic N) is 3. The fourth-order valence-electron chi connectivity index (χ4n) is 4.14. The number of fused-ring (bicyclic) bond motifs is 1. The van der Waals surface area contributed by atoms with Crippen molar-refractivity contribution < 1.29 is 41.3 Å². The smallest absolute Gasteiger partial charge is 0.493 e. The van der Waals surface area contributed by atoms with Gasteiger partial charge in [-0.3, -0.25) is 14.5 Å². The summed E-state index contributed by atoms with van der Waals surface area (Å²) in [4.78, 5) is 17.2. The predicted octanol–water partition coefficient (Wildman–Crippen LogP) is 6.81. The van der Waals surface area contributed by atoms with Gasteiger partial charge in [-0.15, -0.1) is 13.2 Å². The van der Waals surface area contributed by atoms with Crippen LogP contribution < -0.4 is 29.6 Å². The fraction of sp³-hybridized carbons (Fsp3) is 0.138. The van der Waals surface area contributed by atoms with Gasteiger partial charge in [0.05, 0.1) is 19.7 Å². The van der Waals surface area contributed by atoms with Gasteiger partial charge in [0.15, 0.2) is 28.9 Å². The first-order valence-electron chi connectivity index (χ1n) is 12.5. The lowest BCUT2D eigenvalue weighted by Crippen LogP contribution is -2.17. The van der Waals surface area contributed by atoms with E-state index >= 15 is 4.39 Å². The largest absolute Gasteiger partial charge is 0.573 e. The molecule has 222 valence electrons. The Balaban J connectivity index is 1.32. The van der Waals surface area contributed by atoms with Crippen molar-refractivity contribution in [3.63, 3.8) is 0 Å². The van der Waals surface area contributed by atoms with Crippen molar-refractivity contribution in [2.24, 2.45) is 7.05 Å². The summed E-state index contributed by atoms with van der Waals surface area (Å²) in [5.74, 6) is -0.396. The first-order chi connectivity index (χ1) is 20.5. The van der Waals surface area contributed by atoms with Crippen LogP contribution in [0.5, 0.6) is 28.7 Å². The van der Waals surface area contributed by atoms with Crippen molar-refractivity contribution >= 4 is 34.0 Å². The highest BCUT2D eigenvalue weighted by molar-refractivity contribution is 6.07. The number of pyridine rings is 1. The highest BCUT2D eigenvalue weighted by Gasteiger charge is 2.31. The topological polar surface area (TPSA) is 109 Å². The Hall–Kier alpha value is -5.53. The second kappa shape index (κ2) is 11.8. The zero-order valence-electron chi connectivity index (χ0n) is 22.8. The number of ether oxygens (including phenoxy) is 4. The van der Waals surface area contributed by atoms with Crippen molar-refractivity contribution in [2.75, 3.05) is 24.9 Å². The number of aryl methyl sites for hydroxylation is 1. The molecule has 10 nitrogen and oxygen atoms in total. The molecule has 5 rings (SSSR count). The number of hydrogen-bond donors (Lipinski definition) is 2. The molecule has 0 saturated carbocycles. The average Bonchev–Trinajstić information content (AvgIpc) is 3.33. The van der Waals surface area contributed by atoms with Crippen LogP contribution in [-0.4, -0.2) is 41.3 Å². The van der Waals surface area contributed by atoms with E-state index in [1.165, 1.54) is 55.6 Å². The van der Waals surface area contributed by atoms with Crippen LogP contribution >= 0.6 is 0 Å². The summed E-state index contributed by atoms with van der Waals surface area (Å²) >= 11 is 0. The summed E-state index contributed by atoms with van der Waals surface area (Å²) in [7, 11) is 4.59. The third-order valence-corrected chi connectivity index (χ3v) is 6.04.